The number of H-pyrrole nitrogens is 1. The summed E-state index contributed by atoms with van der Waals surface area (Å²) in [5, 5.41) is 9.52. The van der Waals surface area contributed by atoms with Gasteiger partial charge in [-0.15, -0.1) is 0 Å². The maximum atomic E-state index is 11.7. The van der Waals surface area contributed by atoms with Gasteiger partial charge in [-0.25, -0.2) is 0 Å². The number of nitrogens with one attached hydrogen (secondary N) is 2. The van der Waals surface area contributed by atoms with Crippen molar-refractivity contribution in [1.29, 1.82) is 0 Å². The number of nitrogens with two attached hydrogens (primary N) is 1. The largest absolute Gasteiger partial charge is 0.395 e. The number of hydrogen-bond acceptors (Lipinski definition) is 3. The molecule has 0 spiro atoms. The lowest BCUT2D eigenvalue weighted by atomic mass is 10.2. The average molecular weight is 220 g/mol. The van der Waals surface area contributed by atoms with E-state index in [0.717, 1.165) is 24.1 Å². The van der Waals surface area contributed by atoms with E-state index in [4.69, 9.17) is 5.73 Å². The van der Waals surface area contributed by atoms with Crippen LogP contribution in [0, 0.1) is 0 Å². The molecule has 0 saturated heterocycles. The molecule has 0 bridgehead atoms. The molecule has 0 aromatic carbocycles. The van der Waals surface area contributed by atoms with Gasteiger partial charge in [0.2, 0.25) is 0 Å². The molecule has 1 aliphatic carbocycles. The first kappa shape index (κ1) is 10.7. The van der Waals surface area contributed by atoms with Crippen molar-refractivity contribution in [1.82, 2.24) is 15.5 Å². The van der Waals surface area contributed by atoms with Crippen LogP contribution in [0.1, 0.15) is 41.9 Å². The minimum absolute atomic E-state index is 0.247. The SMILES string of the molecule is C=C(C)CNC(=O)c1n[nH]c(C2CC2)c1N. The lowest BCUT2D eigenvalue weighted by Crippen LogP contribution is -2.26. The number of anilines is 1. The molecule has 0 aliphatic heterocycles. The molecule has 86 valence electrons. The molecule has 1 heterocycles. The van der Waals surface area contributed by atoms with E-state index in [-0.39, 0.29) is 5.91 Å². The van der Waals surface area contributed by atoms with Crippen molar-refractivity contribution < 1.29 is 4.79 Å². The predicted octanol–water partition coefficient (Wildman–Crippen LogP) is 1.18. The summed E-state index contributed by atoms with van der Waals surface area (Å²) in [5.41, 5.74) is 8.45. The van der Waals surface area contributed by atoms with Crippen LogP contribution < -0.4 is 11.1 Å². The van der Waals surface area contributed by atoms with Gasteiger partial charge in [0.1, 0.15) is 0 Å². The van der Waals surface area contributed by atoms with Gasteiger partial charge in [0.05, 0.1) is 11.4 Å². The summed E-state index contributed by atoms with van der Waals surface area (Å²) in [5.74, 6) is 0.221. The Morgan fingerprint density at radius 1 is 1.69 bits per heavy atom. The maximum absolute atomic E-state index is 11.7. The standard InChI is InChI=1S/C11H16N4O/c1-6(2)5-13-11(16)10-8(12)9(14-15-10)7-3-4-7/h7H,1,3-5,12H2,2H3,(H,13,16)(H,14,15). The summed E-state index contributed by atoms with van der Waals surface area (Å²) in [6, 6.07) is 0. The zero-order valence-electron chi connectivity index (χ0n) is 9.34. The van der Waals surface area contributed by atoms with Crippen molar-refractivity contribution in [3.8, 4) is 0 Å². The Labute approximate surface area is 94.1 Å². The van der Waals surface area contributed by atoms with Crippen LogP contribution in [0.2, 0.25) is 0 Å². The molecule has 5 heteroatoms. The van der Waals surface area contributed by atoms with Crippen molar-refractivity contribution >= 4 is 11.6 Å². The molecule has 1 amide bonds. The van der Waals surface area contributed by atoms with Crippen LogP contribution in [0.15, 0.2) is 12.2 Å². The second-order valence-electron chi connectivity index (χ2n) is 4.31. The highest BCUT2D eigenvalue weighted by atomic mass is 16.1. The zero-order chi connectivity index (χ0) is 11.7. The fourth-order valence-corrected chi connectivity index (χ4v) is 1.54. The van der Waals surface area contributed by atoms with Crippen LogP contribution in [0.25, 0.3) is 0 Å². The normalized spacial score (nSPS) is 14.8. The molecule has 2 rings (SSSR count). The lowest BCUT2D eigenvalue weighted by Gasteiger charge is -2.02. The van der Waals surface area contributed by atoms with Gasteiger partial charge < -0.3 is 11.1 Å². The van der Waals surface area contributed by atoms with Crippen molar-refractivity contribution in [2.75, 3.05) is 12.3 Å². The summed E-state index contributed by atoms with van der Waals surface area (Å²) in [6.07, 6.45) is 2.25. The summed E-state index contributed by atoms with van der Waals surface area (Å²) < 4.78 is 0. The number of carbonyl (C=O) groups is 1. The third-order valence-electron chi connectivity index (χ3n) is 2.58. The van der Waals surface area contributed by atoms with Gasteiger partial charge >= 0.3 is 0 Å². The van der Waals surface area contributed by atoms with Crippen molar-refractivity contribution in [3.05, 3.63) is 23.5 Å². The minimum atomic E-state index is -0.247. The third-order valence-corrected chi connectivity index (χ3v) is 2.58. The second-order valence-corrected chi connectivity index (χ2v) is 4.31. The van der Waals surface area contributed by atoms with Gasteiger partial charge in [0.15, 0.2) is 5.69 Å². The Kier molecular flexibility index (Phi) is 2.68. The average Bonchev–Trinajstić information content (AvgIpc) is 2.99. The van der Waals surface area contributed by atoms with E-state index < -0.39 is 0 Å². The Bertz CT molecular complexity index is 431. The molecule has 1 fully saturated rings. The molecule has 0 radical (unpaired) electrons. The highest BCUT2D eigenvalue weighted by Gasteiger charge is 2.30. The number of nitrogens with zero attached hydrogens (tertiary/aromatic N) is 1. The monoisotopic (exact) mass is 220 g/mol. The predicted molar refractivity (Wildman–Crippen MR) is 62.1 cm³/mol. The smallest absolute Gasteiger partial charge is 0.274 e. The topological polar surface area (TPSA) is 83.8 Å². The van der Waals surface area contributed by atoms with E-state index in [2.05, 4.69) is 22.1 Å². The van der Waals surface area contributed by atoms with Gasteiger partial charge in [-0.05, 0) is 19.8 Å². The van der Waals surface area contributed by atoms with Crippen LogP contribution >= 0.6 is 0 Å². The Morgan fingerprint density at radius 2 is 2.38 bits per heavy atom. The number of aromatic nitrogens is 2. The first-order valence-corrected chi connectivity index (χ1v) is 5.36. The van der Waals surface area contributed by atoms with Crippen LogP contribution in [-0.4, -0.2) is 22.6 Å². The van der Waals surface area contributed by atoms with Gasteiger partial charge in [-0.1, -0.05) is 12.2 Å². The molecule has 1 aromatic rings. The quantitative estimate of drug-likeness (QED) is 0.666. The van der Waals surface area contributed by atoms with Crippen LogP contribution in [0.4, 0.5) is 5.69 Å². The van der Waals surface area contributed by atoms with Crippen molar-refractivity contribution in [2.24, 2.45) is 0 Å². The summed E-state index contributed by atoms with van der Waals surface area (Å²) in [4.78, 5) is 11.7. The maximum Gasteiger partial charge on any atom is 0.274 e. The third kappa shape index (κ3) is 2.08. The van der Waals surface area contributed by atoms with E-state index in [1.165, 1.54) is 0 Å². The molecule has 0 unspecified atom stereocenters. The van der Waals surface area contributed by atoms with Crippen molar-refractivity contribution in [2.45, 2.75) is 25.7 Å². The van der Waals surface area contributed by atoms with E-state index in [0.29, 0.717) is 23.8 Å². The Morgan fingerprint density at radius 3 is 2.94 bits per heavy atom. The van der Waals surface area contributed by atoms with E-state index in [1.807, 2.05) is 6.92 Å². The fourth-order valence-electron chi connectivity index (χ4n) is 1.54. The zero-order valence-corrected chi connectivity index (χ0v) is 9.34. The molecular weight excluding hydrogens is 204 g/mol. The first-order chi connectivity index (χ1) is 7.59. The van der Waals surface area contributed by atoms with Gasteiger partial charge in [0, 0.05) is 12.5 Å². The van der Waals surface area contributed by atoms with Crippen LogP contribution in [0.5, 0.6) is 0 Å². The first-order valence-electron chi connectivity index (χ1n) is 5.36. The van der Waals surface area contributed by atoms with Gasteiger partial charge in [-0.3, -0.25) is 9.89 Å². The number of hydrogen-bond donors (Lipinski definition) is 3. The van der Waals surface area contributed by atoms with Crippen molar-refractivity contribution in [3.63, 3.8) is 0 Å². The summed E-state index contributed by atoms with van der Waals surface area (Å²) in [6.45, 7) is 6.01. The number of carbonyl (C=O) groups excluding carboxylic acids is 1. The van der Waals surface area contributed by atoms with Crippen LogP contribution in [-0.2, 0) is 0 Å². The van der Waals surface area contributed by atoms with E-state index in [1.54, 1.807) is 0 Å². The van der Waals surface area contributed by atoms with Gasteiger partial charge in [-0.2, -0.15) is 5.10 Å². The molecule has 5 nitrogen and oxygen atoms in total. The molecule has 1 saturated carbocycles. The second kappa shape index (κ2) is 4.00. The summed E-state index contributed by atoms with van der Waals surface area (Å²) in [7, 11) is 0. The molecule has 1 aromatic heterocycles. The Hall–Kier alpha value is -1.78. The molecule has 16 heavy (non-hydrogen) atoms. The molecule has 1 aliphatic rings. The van der Waals surface area contributed by atoms with Gasteiger partial charge in [0.25, 0.3) is 5.91 Å². The molecule has 4 N–H and O–H groups in total. The summed E-state index contributed by atoms with van der Waals surface area (Å²) >= 11 is 0. The highest BCUT2D eigenvalue weighted by Crippen LogP contribution is 2.42. The number of nitrogen functional groups attached to an aromatic ring is 1. The lowest BCUT2D eigenvalue weighted by molar-refractivity contribution is 0.0953. The number of rotatable bonds is 4. The number of aromatic amines is 1. The fraction of sp³-hybridized carbons (Fsp3) is 0.455. The molecule has 0 atom stereocenters. The van der Waals surface area contributed by atoms with E-state index >= 15 is 0 Å². The molecular formula is C11H16N4O. The highest BCUT2D eigenvalue weighted by molar-refractivity contribution is 5.97. The minimum Gasteiger partial charge on any atom is -0.395 e. The van der Waals surface area contributed by atoms with Crippen LogP contribution in [0.3, 0.4) is 0 Å². The number of amides is 1. The Balaban J connectivity index is 2.08. The van der Waals surface area contributed by atoms with E-state index in [9.17, 15) is 4.79 Å².